The molecule has 5 aromatic rings. The van der Waals surface area contributed by atoms with E-state index in [2.05, 4.69) is 60.7 Å². The molecule has 0 N–H and O–H groups in total. The standard InChI is InChI=1S/C23H15ClO/c1-14-21(15-7-3-2-4-8-15)22-18-12-11-16(24)13-20(18)17-9-5-6-10-19(17)23(22)25-14/h2-13H,1H3. The summed E-state index contributed by atoms with van der Waals surface area (Å²) in [5, 5.41) is 6.54. The molecule has 1 aromatic heterocycles. The molecule has 0 radical (unpaired) electrons. The van der Waals surface area contributed by atoms with Gasteiger partial charge in [0.2, 0.25) is 0 Å². The van der Waals surface area contributed by atoms with E-state index in [4.69, 9.17) is 16.0 Å². The maximum atomic E-state index is 6.31. The largest absolute Gasteiger partial charge is 0.460 e. The van der Waals surface area contributed by atoms with Gasteiger partial charge in [0.05, 0.1) is 0 Å². The second kappa shape index (κ2) is 5.37. The van der Waals surface area contributed by atoms with Crippen molar-refractivity contribution >= 4 is 44.1 Å². The average Bonchev–Trinajstić information content (AvgIpc) is 3.00. The first-order valence-electron chi connectivity index (χ1n) is 8.32. The Labute approximate surface area is 150 Å². The third-order valence-corrected chi connectivity index (χ3v) is 5.09. The maximum Gasteiger partial charge on any atom is 0.143 e. The molecule has 0 fully saturated rings. The molecule has 0 spiro atoms. The van der Waals surface area contributed by atoms with E-state index in [0.29, 0.717) is 0 Å². The van der Waals surface area contributed by atoms with Gasteiger partial charge in [0.25, 0.3) is 0 Å². The summed E-state index contributed by atoms with van der Waals surface area (Å²) in [6.07, 6.45) is 0. The lowest BCUT2D eigenvalue weighted by atomic mass is 9.94. The van der Waals surface area contributed by atoms with Gasteiger partial charge in [0.15, 0.2) is 0 Å². The Hall–Kier alpha value is -2.77. The van der Waals surface area contributed by atoms with E-state index >= 15 is 0 Å². The Bertz CT molecular complexity index is 1250. The summed E-state index contributed by atoms with van der Waals surface area (Å²) in [6, 6.07) is 24.9. The van der Waals surface area contributed by atoms with Crippen LogP contribution in [-0.2, 0) is 0 Å². The normalized spacial score (nSPS) is 11.6. The number of furan rings is 1. The first-order valence-corrected chi connectivity index (χ1v) is 8.70. The van der Waals surface area contributed by atoms with Crippen LogP contribution >= 0.6 is 11.6 Å². The molecule has 2 heteroatoms. The van der Waals surface area contributed by atoms with Crippen molar-refractivity contribution in [3.63, 3.8) is 0 Å². The van der Waals surface area contributed by atoms with Gasteiger partial charge in [-0.2, -0.15) is 0 Å². The van der Waals surface area contributed by atoms with Crippen molar-refractivity contribution in [1.29, 1.82) is 0 Å². The highest BCUT2D eigenvalue weighted by molar-refractivity contribution is 6.33. The Morgan fingerprint density at radius 3 is 2.24 bits per heavy atom. The van der Waals surface area contributed by atoms with Crippen LogP contribution in [0.15, 0.2) is 77.2 Å². The van der Waals surface area contributed by atoms with Crippen LogP contribution in [0, 0.1) is 6.92 Å². The van der Waals surface area contributed by atoms with E-state index in [9.17, 15) is 0 Å². The smallest absolute Gasteiger partial charge is 0.143 e. The highest BCUT2D eigenvalue weighted by Crippen LogP contribution is 2.43. The fraction of sp³-hybridized carbons (Fsp3) is 0.0435. The van der Waals surface area contributed by atoms with Crippen molar-refractivity contribution in [1.82, 2.24) is 0 Å². The maximum absolute atomic E-state index is 6.31. The second-order valence-corrected chi connectivity index (χ2v) is 6.78. The van der Waals surface area contributed by atoms with Gasteiger partial charge < -0.3 is 4.42 Å². The molecule has 0 bridgehead atoms. The predicted octanol–water partition coefficient (Wildman–Crippen LogP) is 7.37. The Kier molecular flexibility index (Phi) is 3.13. The van der Waals surface area contributed by atoms with Crippen molar-refractivity contribution in [2.45, 2.75) is 6.92 Å². The number of rotatable bonds is 1. The molecule has 0 unspecified atom stereocenters. The Balaban J connectivity index is 2.09. The van der Waals surface area contributed by atoms with Gasteiger partial charge in [0, 0.05) is 21.4 Å². The van der Waals surface area contributed by atoms with E-state index in [1.165, 1.54) is 16.3 Å². The van der Waals surface area contributed by atoms with Crippen LogP contribution in [0.3, 0.4) is 0 Å². The zero-order valence-electron chi connectivity index (χ0n) is 13.7. The zero-order valence-corrected chi connectivity index (χ0v) is 14.5. The summed E-state index contributed by atoms with van der Waals surface area (Å²) in [5.74, 6) is 0.939. The first kappa shape index (κ1) is 14.6. The molecule has 25 heavy (non-hydrogen) atoms. The number of benzene rings is 4. The minimum absolute atomic E-state index is 0.749. The number of hydrogen-bond acceptors (Lipinski definition) is 1. The molecular weight excluding hydrogens is 328 g/mol. The van der Waals surface area contributed by atoms with Crippen molar-refractivity contribution < 1.29 is 4.42 Å². The van der Waals surface area contributed by atoms with Crippen LogP contribution in [0.4, 0.5) is 0 Å². The minimum atomic E-state index is 0.749. The quantitative estimate of drug-likeness (QED) is 0.290. The zero-order chi connectivity index (χ0) is 17.0. The van der Waals surface area contributed by atoms with Crippen LogP contribution in [0.5, 0.6) is 0 Å². The lowest BCUT2D eigenvalue weighted by molar-refractivity contribution is 0.583. The van der Waals surface area contributed by atoms with Crippen molar-refractivity contribution in [3.8, 4) is 11.1 Å². The van der Waals surface area contributed by atoms with Crippen LogP contribution in [-0.4, -0.2) is 0 Å². The molecule has 1 heterocycles. The van der Waals surface area contributed by atoms with E-state index in [-0.39, 0.29) is 0 Å². The summed E-state index contributed by atoms with van der Waals surface area (Å²) in [6.45, 7) is 2.04. The summed E-state index contributed by atoms with van der Waals surface area (Å²) < 4.78 is 6.27. The van der Waals surface area contributed by atoms with Gasteiger partial charge >= 0.3 is 0 Å². The highest BCUT2D eigenvalue weighted by atomic mass is 35.5. The lowest BCUT2D eigenvalue weighted by Gasteiger charge is -2.08. The molecule has 0 aliphatic carbocycles. The monoisotopic (exact) mass is 342 g/mol. The van der Waals surface area contributed by atoms with E-state index in [0.717, 1.165) is 38.1 Å². The van der Waals surface area contributed by atoms with Crippen molar-refractivity contribution in [2.24, 2.45) is 0 Å². The van der Waals surface area contributed by atoms with E-state index in [1.54, 1.807) is 0 Å². The summed E-state index contributed by atoms with van der Waals surface area (Å²) >= 11 is 6.31. The van der Waals surface area contributed by atoms with Crippen LogP contribution in [0.25, 0.3) is 43.6 Å². The summed E-state index contributed by atoms with van der Waals surface area (Å²) in [4.78, 5) is 0. The Morgan fingerprint density at radius 1 is 0.720 bits per heavy atom. The molecule has 0 saturated heterocycles. The van der Waals surface area contributed by atoms with Gasteiger partial charge in [0.1, 0.15) is 11.3 Å². The molecule has 0 aliphatic heterocycles. The summed E-state index contributed by atoms with van der Waals surface area (Å²) in [5.41, 5.74) is 3.28. The third-order valence-electron chi connectivity index (χ3n) is 4.86. The number of fused-ring (bicyclic) bond motifs is 6. The first-order chi connectivity index (χ1) is 12.2. The number of halogens is 1. The highest BCUT2D eigenvalue weighted by Gasteiger charge is 2.19. The molecule has 120 valence electrons. The molecule has 0 aliphatic rings. The SMILES string of the molecule is Cc1oc2c3ccccc3c3cc(Cl)ccc3c2c1-c1ccccc1. The lowest BCUT2D eigenvalue weighted by Crippen LogP contribution is -1.83. The van der Waals surface area contributed by atoms with Crippen molar-refractivity contribution in [3.05, 3.63) is 83.6 Å². The van der Waals surface area contributed by atoms with E-state index < -0.39 is 0 Å². The molecule has 0 amide bonds. The Morgan fingerprint density at radius 2 is 1.44 bits per heavy atom. The average molecular weight is 343 g/mol. The minimum Gasteiger partial charge on any atom is -0.460 e. The van der Waals surface area contributed by atoms with Crippen LogP contribution in [0.2, 0.25) is 5.02 Å². The van der Waals surface area contributed by atoms with Crippen LogP contribution in [0.1, 0.15) is 5.76 Å². The van der Waals surface area contributed by atoms with Crippen molar-refractivity contribution in [2.75, 3.05) is 0 Å². The predicted molar refractivity (Wildman–Crippen MR) is 106 cm³/mol. The van der Waals surface area contributed by atoms with Gasteiger partial charge in [-0.05, 0) is 40.8 Å². The number of aryl methyl sites for hydroxylation is 1. The molecule has 0 atom stereocenters. The summed E-state index contributed by atoms with van der Waals surface area (Å²) in [7, 11) is 0. The van der Waals surface area contributed by atoms with Gasteiger partial charge in [-0.3, -0.25) is 0 Å². The third kappa shape index (κ3) is 2.09. The molecule has 5 rings (SSSR count). The fourth-order valence-electron chi connectivity index (χ4n) is 3.82. The van der Waals surface area contributed by atoms with E-state index in [1.807, 2.05) is 19.1 Å². The number of hydrogen-bond donors (Lipinski definition) is 0. The molecule has 4 aromatic carbocycles. The topological polar surface area (TPSA) is 13.1 Å². The van der Waals surface area contributed by atoms with Crippen LogP contribution < -0.4 is 0 Å². The second-order valence-electron chi connectivity index (χ2n) is 6.34. The fourth-order valence-corrected chi connectivity index (χ4v) is 3.99. The molecule has 0 saturated carbocycles. The van der Waals surface area contributed by atoms with Gasteiger partial charge in [-0.25, -0.2) is 0 Å². The molecule has 1 nitrogen and oxygen atoms in total. The molecular formula is C23H15ClO. The van der Waals surface area contributed by atoms with Gasteiger partial charge in [-0.15, -0.1) is 0 Å². The van der Waals surface area contributed by atoms with Gasteiger partial charge in [-0.1, -0.05) is 72.3 Å².